The first kappa shape index (κ1) is 16.1. The van der Waals surface area contributed by atoms with Crippen molar-refractivity contribution in [1.29, 1.82) is 0 Å². The van der Waals surface area contributed by atoms with Crippen LogP contribution < -0.4 is 15.0 Å². The summed E-state index contributed by atoms with van der Waals surface area (Å²) in [4.78, 5) is 12.5. The van der Waals surface area contributed by atoms with E-state index in [4.69, 9.17) is 9.47 Å². The molecule has 0 amide bonds. The van der Waals surface area contributed by atoms with Gasteiger partial charge in [-0.05, 0) is 37.1 Å². The molecule has 0 unspecified atom stereocenters. The minimum atomic E-state index is -0.00999. The van der Waals surface area contributed by atoms with Gasteiger partial charge in [0.25, 0.3) is 5.56 Å². The predicted octanol–water partition coefficient (Wildman–Crippen LogP) is 3.79. The summed E-state index contributed by atoms with van der Waals surface area (Å²) in [6.07, 6.45) is 0.741. The fourth-order valence-corrected chi connectivity index (χ4v) is 2.89. The Morgan fingerprint density at radius 1 is 1.04 bits per heavy atom. The van der Waals surface area contributed by atoms with Gasteiger partial charge in [-0.1, -0.05) is 30.3 Å². The maximum Gasteiger partial charge on any atom is 0.251 e. The third kappa shape index (κ3) is 3.27. The van der Waals surface area contributed by atoms with Crippen LogP contribution in [0.2, 0.25) is 0 Å². The Labute approximate surface area is 141 Å². The molecule has 0 saturated heterocycles. The number of aromatic nitrogens is 1. The van der Waals surface area contributed by atoms with Crippen molar-refractivity contribution >= 4 is 10.9 Å². The van der Waals surface area contributed by atoms with Gasteiger partial charge < -0.3 is 14.0 Å². The highest BCUT2D eigenvalue weighted by molar-refractivity contribution is 5.87. The fourth-order valence-electron chi connectivity index (χ4n) is 2.89. The SMILES string of the molecule is COc1cccc2c(C)cc(=O)n(CCCOc3ccccc3)c12. The number of pyridine rings is 1. The Kier molecular flexibility index (Phi) is 4.85. The largest absolute Gasteiger partial charge is 0.495 e. The van der Waals surface area contributed by atoms with Crippen LogP contribution in [0, 0.1) is 6.92 Å². The lowest BCUT2D eigenvalue weighted by Gasteiger charge is -2.15. The molecule has 0 fully saturated rings. The van der Waals surface area contributed by atoms with Crippen molar-refractivity contribution in [3.05, 3.63) is 70.5 Å². The first-order chi connectivity index (χ1) is 11.7. The van der Waals surface area contributed by atoms with Gasteiger partial charge in [0.2, 0.25) is 0 Å². The molecular weight excluding hydrogens is 302 g/mol. The summed E-state index contributed by atoms with van der Waals surface area (Å²) in [5.74, 6) is 1.56. The van der Waals surface area contributed by atoms with Crippen molar-refractivity contribution in [2.24, 2.45) is 0 Å². The zero-order chi connectivity index (χ0) is 16.9. The number of hydrogen-bond donors (Lipinski definition) is 0. The van der Waals surface area contributed by atoms with E-state index in [9.17, 15) is 4.79 Å². The highest BCUT2D eigenvalue weighted by Gasteiger charge is 2.11. The third-order valence-electron chi connectivity index (χ3n) is 4.06. The van der Waals surface area contributed by atoms with E-state index in [1.807, 2.05) is 55.5 Å². The fraction of sp³-hybridized carbons (Fsp3) is 0.250. The first-order valence-electron chi connectivity index (χ1n) is 8.05. The van der Waals surface area contributed by atoms with Gasteiger partial charge in [0, 0.05) is 18.0 Å². The van der Waals surface area contributed by atoms with Crippen LogP contribution in [-0.4, -0.2) is 18.3 Å². The van der Waals surface area contributed by atoms with E-state index >= 15 is 0 Å². The van der Waals surface area contributed by atoms with Crippen molar-refractivity contribution < 1.29 is 9.47 Å². The summed E-state index contributed by atoms with van der Waals surface area (Å²) in [7, 11) is 1.63. The van der Waals surface area contributed by atoms with Crippen LogP contribution in [0.1, 0.15) is 12.0 Å². The number of benzene rings is 2. The molecule has 0 aliphatic rings. The second-order valence-corrected chi connectivity index (χ2v) is 5.69. The summed E-state index contributed by atoms with van der Waals surface area (Å²) in [6.45, 7) is 3.09. The topological polar surface area (TPSA) is 40.5 Å². The highest BCUT2D eigenvalue weighted by atomic mass is 16.5. The van der Waals surface area contributed by atoms with Crippen LogP contribution in [0.3, 0.4) is 0 Å². The van der Waals surface area contributed by atoms with E-state index in [0.717, 1.165) is 34.4 Å². The van der Waals surface area contributed by atoms with Crippen molar-refractivity contribution in [3.63, 3.8) is 0 Å². The molecule has 0 radical (unpaired) electrons. The van der Waals surface area contributed by atoms with Gasteiger partial charge in [-0.15, -0.1) is 0 Å². The second-order valence-electron chi connectivity index (χ2n) is 5.69. The number of para-hydroxylation sites is 2. The minimum Gasteiger partial charge on any atom is -0.495 e. The van der Waals surface area contributed by atoms with Crippen molar-refractivity contribution in [3.8, 4) is 11.5 Å². The molecule has 0 atom stereocenters. The van der Waals surface area contributed by atoms with Crippen LogP contribution in [0.4, 0.5) is 0 Å². The standard InChI is InChI=1S/C20H21NO3/c1-15-14-19(22)21(20-17(15)10-6-11-18(20)23-2)12-7-13-24-16-8-4-3-5-9-16/h3-6,8-11,14H,7,12-13H2,1-2H3. The van der Waals surface area contributed by atoms with Crippen molar-refractivity contribution in [2.75, 3.05) is 13.7 Å². The molecule has 4 heteroatoms. The number of nitrogens with zero attached hydrogens (tertiary/aromatic N) is 1. The maximum atomic E-state index is 12.5. The van der Waals surface area contributed by atoms with Gasteiger partial charge in [0.15, 0.2) is 0 Å². The van der Waals surface area contributed by atoms with Crippen LogP contribution in [0.25, 0.3) is 10.9 Å². The van der Waals surface area contributed by atoms with E-state index in [2.05, 4.69) is 0 Å². The van der Waals surface area contributed by atoms with Crippen LogP contribution >= 0.6 is 0 Å². The van der Waals surface area contributed by atoms with Crippen LogP contribution in [0.15, 0.2) is 59.4 Å². The predicted molar refractivity (Wildman–Crippen MR) is 96.1 cm³/mol. The Hall–Kier alpha value is -2.75. The first-order valence-corrected chi connectivity index (χ1v) is 8.05. The lowest BCUT2D eigenvalue weighted by molar-refractivity contribution is 0.301. The van der Waals surface area contributed by atoms with Crippen molar-refractivity contribution in [1.82, 2.24) is 4.57 Å². The smallest absolute Gasteiger partial charge is 0.251 e. The Balaban J connectivity index is 1.82. The van der Waals surface area contributed by atoms with E-state index in [1.165, 1.54) is 0 Å². The molecule has 0 aliphatic heterocycles. The maximum absolute atomic E-state index is 12.5. The average molecular weight is 323 g/mol. The van der Waals surface area contributed by atoms with Crippen LogP contribution in [0.5, 0.6) is 11.5 Å². The highest BCUT2D eigenvalue weighted by Crippen LogP contribution is 2.26. The van der Waals surface area contributed by atoms with Gasteiger partial charge in [-0.25, -0.2) is 0 Å². The molecule has 0 saturated carbocycles. The Morgan fingerprint density at radius 2 is 1.83 bits per heavy atom. The van der Waals surface area contributed by atoms with Gasteiger partial charge in [-0.3, -0.25) is 4.79 Å². The monoisotopic (exact) mass is 323 g/mol. The Bertz CT molecular complexity index is 885. The third-order valence-corrected chi connectivity index (χ3v) is 4.06. The number of fused-ring (bicyclic) bond motifs is 1. The normalized spacial score (nSPS) is 10.8. The second kappa shape index (κ2) is 7.21. The number of ether oxygens (including phenoxy) is 2. The summed E-state index contributed by atoms with van der Waals surface area (Å²) in [5.41, 5.74) is 1.81. The van der Waals surface area contributed by atoms with E-state index in [0.29, 0.717) is 13.2 Å². The molecule has 0 bridgehead atoms. The molecule has 2 aromatic carbocycles. The molecule has 0 aliphatic carbocycles. The lowest BCUT2D eigenvalue weighted by atomic mass is 10.1. The molecular formula is C20H21NO3. The molecule has 0 N–H and O–H groups in total. The molecule has 0 spiro atoms. The number of aryl methyl sites for hydroxylation is 2. The van der Waals surface area contributed by atoms with Gasteiger partial charge in [-0.2, -0.15) is 0 Å². The van der Waals surface area contributed by atoms with E-state index in [1.54, 1.807) is 17.7 Å². The quantitative estimate of drug-likeness (QED) is 0.648. The molecule has 3 rings (SSSR count). The number of rotatable bonds is 6. The molecule has 24 heavy (non-hydrogen) atoms. The molecule has 1 heterocycles. The van der Waals surface area contributed by atoms with Gasteiger partial charge >= 0.3 is 0 Å². The van der Waals surface area contributed by atoms with Crippen molar-refractivity contribution in [2.45, 2.75) is 19.9 Å². The zero-order valence-electron chi connectivity index (χ0n) is 14.0. The minimum absolute atomic E-state index is 0.00999. The number of hydrogen-bond acceptors (Lipinski definition) is 3. The summed E-state index contributed by atoms with van der Waals surface area (Å²) in [5, 5.41) is 1.04. The van der Waals surface area contributed by atoms with Crippen LogP contribution in [-0.2, 0) is 6.54 Å². The van der Waals surface area contributed by atoms with E-state index in [-0.39, 0.29) is 5.56 Å². The summed E-state index contributed by atoms with van der Waals surface area (Å²) in [6, 6.07) is 17.2. The lowest BCUT2D eigenvalue weighted by Crippen LogP contribution is -2.22. The zero-order valence-corrected chi connectivity index (χ0v) is 14.0. The summed E-state index contributed by atoms with van der Waals surface area (Å²) < 4.78 is 12.9. The Morgan fingerprint density at radius 3 is 2.58 bits per heavy atom. The van der Waals surface area contributed by atoms with Gasteiger partial charge in [0.1, 0.15) is 11.5 Å². The van der Waals surface area contributed by atoms with Gasteiger partial charge in [0.05, 0.1) is 19.2 Å². The number of methoxy groups -OCH3 is 1. The summed E-state index contributed by atoms with van der Waals surface area (Å²) >= 11 is 0. The molecule has 1 aromatic heterocycles. The average Bonchev–Trinajstić information content (AvgIpc) is 2.61. The molecule has 3 aromatic rings. The molecule has 124 valence electrons. The molecule has 4 nitrogen and oxygen atoms in total. The van der Waals surface area contributed by atoms with E-state index < -0.39 is 0 Å².